The van der Waals surface area contributed by atoms with Crippen LogP contribution in [0, 0.1) is 6.92 Å². The van der Waals surface area contributed by atoms with Crippen LogP contribution in [-0.4, -0.2) is 30.2 Å². The van der Waals surface area contributed by atoms with E-state index < -0.39 is 0 Å². The quantitative estimate of drug-likeness (QED) is 0.586. The van der Waals surface area contributed by atoms with Gasteiger partial charge in [0.1, 0.15) is 18.1 Å². The van der Waals surface area contributed by atoms with E-state index in [0.29, 0.717) is 6.61 Å². The fourth-order valence-electron chi connectivity index (χ4n) is 1.57. The largest absolute Gasteiger partial charge is 2.00 e. The maximum absolute atomic E-state index is 5.73. The topological polar surface area (TPSA) is 18.5 Å². The molecule has 0 spiro atoms. The third-order valence-electron chi connectivity index (χ3n) is 2.47. The molecular formula is C15H15ClMgO2. The number of hydrogen-bond acceptors (Lipinski definition) is 2. The fourth-order valence-corrected chi connectivity index (χ4v) is 1.57. The van der Waals surface area contributed by atoms with Crippen molar-refractivity contribution in [2.45, 2.75) is 6.61 Å². The van der Waals surface area contributed by atoms with E-state index in [9.17, 15) is 0 Å². The Hall–Kier alpha value is -1.03. The summed E-state index contributed by atoms with van der Waals surface area (Å²) in [5, 5.41) is 0. The van der Waals surface area contributed by atoms with Gasteiger partial charge in [-0.05, 0) is 5.56 Å². The van der Waals surface area contributed by atoms with Crippen LogP contribution in [0.15, 0.2) is 48.5 Å². The van der Waals surface area contributed by atoms with Crippen molar-refractivity contribution >= 4 is 23.1 Å². The molecule has 0 unspecified atom stereocenters. The van der Waals surface area contributed by atoms with Gasteiger partial charge in [-0.1, -0.05) is 36.4 Å². The van der Waals surface area contributed by atoms with Crippen LogP contribution in [0.1, 0.15) is 11.1 Å². The Morgan fingerprint density at radius 3 is 2.32 bits per heavy atom. The molecule has 0 N–H and O–H groups in total. The first-order valence-corrected chi connectivity index (χ1v) is 5.46. The van der Waals surface area contributed by atoms with Crippen LogP contribution in [0.2, 0.25) is 0 Å². The van der Waals surface area contributed by atoms with Crippen molar-refractivity contribution < 1.29 is 21.9 Å². The molecule has 0 bridgehead atoms. The van der Waals surface area contributed by atoms with Crippen molar-refractivity contribution in [3.05, 3.63) is 66.6 Å². The second-order valence-electron chi connectivity index (χ2n) is 3.76. The number of methoxy groups -OCH3 is 1. The molecule has 0 aliphatic carbocycles. The van der Waals surface area contributed by atoms with Gasteiger partial charge >= 0.3 is 23.1 Å². The van der Waals surface area contributed by atoms with Gasteiger partial charge < -0.3 is 21.9 Å². The van der Waals surface area contributed by atoms with Crippen LogP contribution in [0.5, 0.6) is 11.5 Å². The third kappa shape index (κ3) is 5.23. The van der Waals surface area contributed by atoms with Crippen LogP contribution < -0.4 is 21.9 Å². The Morgan fingerprint density at radius 2 is 1.68 bits per heavy atom. The van der Waals surface area contributed by atoms with Crippen molar-refractivity contribution in [1.29, 1.82) is 0 Å². The molecule has 0 fully saturated rings. The van der Waals surface area contributed by atoms with E-state index in [0.717, 1.165) is 22.6 Å². The average Bonchev–Trinajstić information content (AvgIpc) is 2.38. The van der Waals surface area contributed by atoms with E-state index >= 15 is 0 Å². The van der Waals surface area contributed by atoms with Crippen LogP contribution >= 0.6 is 0 Å². The SMILES string of the molecule is [CH2-]c1ccc(OC)c(OCc2ccccc2)c1.[Cl-].[Mg+2]. The first kappa shape index (κ1) is 18.0. The van der Waals surface area contributed by atoms with Gasteiger partial charge in [0.15, 0.2) is 0 Å². The summed E-state index contributed by atoms with van der Waals surface area (Å²) in [6.45, 7) is 4.40. The van der Waals surface area contributed by atoms with Crippen molar-refractivity contribution in [1.82, 2.24) is 0 Å². The normalized spacial score (nSPS) is 8.89. The molecule has 4 heteroatoms. The van der Waals surface area contributed by atoms with Crippen molar-refractivity contribution in [2.75, 3.05) is 7.11 Å². The van der Waals surface area contributed by atoms with Gasteiger partial charge in [-0.15, -0.1) is 6.07 Å². The van der Waals surface area contributed by atoms with Gasteiger partial charge in [0.25, 0.3) is 0 Å². The van der Waals surface area contributed by atoms with Gasteiger partial charge in [-0.2, -0.15) is 18.6 Å². The molecule has 0 aromatic heterocycles. The molecule has 0 aliphatic rings. The van der Waals surface area contributed by atoms with Crippen LogP contribution in [0.4, 0.5) is 0 Å². The minimum absolute atomic E-state index is 0. The summed E-state index contributed by atoms with van der Waals surface area (Å²) in [4.78, 5) is 0. The van der Waals surface area contributed by atoms with Gasteiger partial charge in [-0.25, -0.2) is 0 Å². The number of rotatable bonds is 4. The van der Waals surface area contributed by atoms with Crippen LogP contribution in [-0.2, 0) is 6.61 Å². The summed E-state index contributed by atoms with van der Waals surface area (Å²) >= 11 is 0. The molecule has 0 radical (unpaired) electrons. The van der Waals surface area contributed by atoms with Gasteiger partial charge in [-0.3, -0.25) is 0 Å². The Labute approximate surface area is 136 Å². The Morgan fingerprint density at radius 1 is 1.00 bits per heavy atom. The molecule has 0 saturated heterocycles. The number of ether oxygens (including phenoxy) is 2. The zero-order valence-corrected chi connectivity index (χ0v) is 13.1. The predicted octanol–water partition coefficient (Wildman–Crippen LogP) is 0.0796. The summed E-state index contributed by atoms with van der Waals surface area (Å²) in [6.07, 6.45) is 0. The molecule has 0 amide bonds. The van der Waals surface area contributed by atoms with Crippen molar-refractivity contribution in [3.8, 4) is 11.5 Å². The summed E-state index contributed by atoms with van der Waals surface area (Å²) in [5.74, 6) is 1.46. The minimum Gasteiger partial charge on any atom is -1.00 e. The molecule has 0 heterocycles. The molecule has 2 nitrogen and oxygen atoms in total. The average molecular weight is 287 g/mol. The fraction of sp³-hybridized carbons (Fsp3) is 0.133. The molecule has 0 aliphatic heterocycles. The number of benzene rings is 2. The van der Waals surface area contributed by atoms with Crippen LogP contribution in [0.3, 0.4) is 0 Å². The molecule has 2 rings (SSSR count). The molecule has 2 aromatic rings. The molecule has 19 heavy (non-hydrogen) atoms. The van der Waals surface area contributed by atoms with E-state index in [1.54, 1.807) is 7.11 Å². The molecule has 96 valence electrons. The minimum atomic E-state index is 0. The number of hydrogen-bond donors (Lipinski definition) is 0. The third-order valence-corrected chi connectivity index (χ3v) is 2.47. The van der Waals surface area contributed by atoms with Gasteiger partial charge in [0.05, 0.1) is 7.11 Å². The second kappa shape index (κ2) is 8.96. The van der Waals surface area contributed by atoms with E-state index in [4.69, 9.17) is 9.47 Å². The summed E-state index contributed by atoms with van der Waals surface area (Å²) < 4.78 is 11.0. The monoisotopic (exact) mass is 286 g/mol. The van der Waals surface area contributed by atoms with Crippen LogP contribution in [0.25, 0.3) is 0 Å². The smallest absolute Gasteiger partial charge is 1.00 e. The van der Waals surface area contributed by atoms with Gasteiger partial charge in [0.2, 0.25) is 0 Å². The Kier molecular flexibility index (Phi) is 8.48. The van der Waals surface area contributed by atoms with Crippen molar-refractivity contribution in [3.63, 3.8) is 0 Å². The maximum atomic E-state index is 5.73. The maximum Gasteiger partial charge on any atom is 2.00 e. The molecular weight excluding hydrogens is 272 g/mol. The summed E-state index contributed by atoms with van der Waals surface area (Å²) in [6, 6.07) is 15.7. The van der Waals surface area contributed by atoms with E-state index in [-0.39, 0.29) is 35.5 Å². The Balaban J connectivity index is 0.00000162. The second-order valence-corrected chi connectivity index (χ2v) is 3.76. The zero-order chi connectivity index (χ0) is 12.1. The van der Waals surface area contributed by atoms with Crippen molar-refractivity contribution in [2.24, 2.45) is 0 Å². The molecule has 2 aromatic carbocycles. The molecule has 0 saturated carbocycles. The Bertz CT molecular complexity index is 489. The zero-order valence-electron chi connectivity index (χ0n) is 10.9. The van der Waals surface area contributed by atoms with Gasteiger partial charge in [0, 0.05) is 0 Å². The summed E-state index contributed by atoms with van der Waals surface area (Å²) in [7, 11) is 1.63. The summed E-state index contributed by atoms with van der Waals surface area (Å²) in [5.41, 5.74) is 2.04. The predicted molar refractivity (Wildman–Crippen MR) is 74.0 cm³/mol. The van der Waals surface area contributed by atoms with E-state index in [2.05, 4.69) is 6.92 Å². The standard InChI is InChI=1S/C15H15O2.ClH.Mg/c1-12-8-9-14(16-2)15(10-12)17-11-13-6-4-3-5-7-13;;/h3-10H,1,11H2,2H3;1H;/q-1;;+2/p-1. The van der Waals surface area contributed by atoms with E-state index in [1.165, 1.54) is 0 Å². The number of halogens is 1. The molecule has 0 atom stereocenters. The first-order valence-electron chi connectivity index (χ1n) is 5.46. The van der Waals surface area contributed by atoms with E-state index in [1.807, 2.05) is 48.5 Å². The first-order chi connectivity index (χ1) is 8.29.